The van der Waals surface area contributed by atoms with E-state index in [0.717, 1.165) is 5.70 Å². The second kappa shape index (κ2) is 2.90. The van der Waals surface area contributed by atoms with E-state index in [4.69, 9.17) is 0 Å². The standard InChI is InChI=1S/C9H8N3O/c1-7-6-9(13)11-12(7)8-4-2-3-5-10-8/h2-6H,1H3. The van der Waals surface area contributed by atoms with Gasteiger partial charge in [-0.05, 0) is 19.1 Å². The first-order chi connectivity index (χ1) is 6.27. The molecule has 13 heavy (non-hydrogen) atoms. The molecule has 4 nitrogen and oxygen atoms in total. The highest BCUT2D eigenvalue weighted by Crippen LogP contribution is 2.17. The van der Waals surface area contributed by atoms with Crippen molar-refractivity contribution in [3.05, 3.63) is 36.2 Å². The van der Waals surface area contributed by atoms with Crippen molar-refractivity contribution in [3.63, 3.8) is 0 Å². The number of hydrogen-bond acceptors (Lipinski definition) is 3. The quantitative estimate of drug-likeness (QED) is 0.634. The molecule has 1 aliphatic heterocycles. The van der Waals surface area contributed by atoms with Crippen molar-refractivity contribution >= 4 is 11.7 Å². The summed E-state index contributed by atoms with van der Waals surface area (Å²) in [5, 5.41) is 1.53. The van der Waals surface area contributed by atoms with Crippen LogP contribution in [0.3, 0.4) is 0 Å². The van der Waals surface area contributed by atoms with Gasteiger partial charge >= 0.3 is 0 Å². The van der Waals surface area contributed by atoms with Gasteiger partial charge in [0, 0.05) is 18.0 Å². The molecule has 0 aromatic carbocycles. The summed E-state index contributed by atoms with van der Waals surface area (Å²) in [7, 11) is 0. The van der Waals surface area contributed by atoms with Crippen LogP contribution in [-0.2, 0) is 4.79 Å². The van der Waals surface area contributed by atoms with E-state index in [0.29, 0.717) is 5.82 Å². The first-order valence-electron chi connectivity index (χ1n) is 3.92. The van der Waals surface area contributed by atoms with Gasteiger partial charge in [-0.15, -0.1) is 5.43 Å². The lowest BCUT2D eigenvalue weighted by molar-refractivity contribution is -0.116. The van der Waals surface area contributed by atoms with Gasteiger partial charge in [-0.25, -0.2) is 9.99 Å². The number of amides is 1. The maximum atomic E-state index is 10.9. The summed E-state index contributed by atoms with van der Waals surface area (Å²) < 4.78 is 0. The first-order valence-corrected chi connectivity index (χ1v) is 3.92. The van der Waals surface area contributed by atoms with Crippen LogP contribution in [0.2, 0.25) is 0 Å². The molecule has 0 unspecified atom stereocenters. The molecule has 1 aromatic heterocycles. The van der Waals surface area contributed by atoms with Crippen LogP contribution in [0.4, 0.5) is 5.82 Å². The Labute approximate surface area is 75.9 Å². The summed E-state index contributed by atoms with van der Waals surface area (Å²) in [6.45, 7) is 1.82. The highest BCUT2D eigenvalue weighted by molar-refractivity contribution is 5.93. The maximum Gasteiger partial charge on any atom is 0.288 e. The van der Waals surface area contributed by atoms with Gasteiger partial charge in [-0.1, -0.05) is 6.07 Å². The Hall–Kier alpha value is -1.84. The van der Waals surface area contributed by atoms with Crippen LogP contribution in [-0.4, -0.2) is 10.9 Å². The lowest BCUT2D eigenvalue weighted by Crippen LogP contribution is -2.27. The third-order valence-corrected chi connectivity index (χ3v) is 1.73. The van der Waals surface area contributed by atoms with Gasteiger partial charge in [-0.2, -0.15) is 0 Å². The number of pyridine rings is 1. The van der Waals surface area contributed by atoms with E-state index in [1.54, 1.807) is 12.3 Å². The van der Waals surface area contributed by atoms with Crippen molar-refractivity contribution in [2.45, 2.75) is 6.92 Å². The lowest BCUT2D eigenvalue weighted by atomic mass is 10.4. The third kappa shape index (κ3) is 1.38. The largest absolute Gasteiger partial charge is 0.288 e. The van der Waals surface area contributed by atoms with Gasteiger partial charge in [0.2, 0.25) is 0 Å². The topological polar surface area (TPSA) is 47.3 Å². The molecule has 0 fully saturated rings. The predicted molar refractivity (Wildman–Crippen MR) is 47.6 cm³/mol. The minimum atomic E-state index is -0.233. The highest BCUT2D eigenvalue weighted by atomic mass is 16.2. The van der Waals surface area contributed by atoms with E-state index in [1.165, 1.54) is 11.1 Å². The fourth-order valence-electron chi connectivity index (χ4n) is 1.16. The average molecular weight is 174 g/mol. The number of anilines is 1. The molecule has 1 radical (unpaired) electrons. The second-order valence-corrected chi connectivity index (χ2v) is 2.72. The molecule has 4 heteroatoms. The molecule has 0 N–H and O–H groups in total. The molecule has 1 amide bonds. The van der Waals surface area contributed by atoms with Gasteiger partial charge < -0.3 is 0 Å². The Kier molecular flexibility index (Phi) is 1.73. The number of allylic oxidation sites excluding steroid dienone is 1. The van der Waals surface area contributed by atoms with Crippen molar-refractivity contribution in [1.29, 1.82) is 0 Å². The molecule has 1 aromatic rings. The number of nitrogens with zero attached hydrogens (tertiary/aromatic N) is 3. The van der Waals surface area contributed by atoms with Crippen LogP contribution >= 0.6 is 0 Å². The molecule has 1 aliphatic rings. The van der Waals surface area contributed by atoms with Gasteiger partial charge in [0.1, 0.15) is 0 Å². The Bertz CT molecular complexity index is 358. The smallest absolute Gasteiger partial charge is 0.266 e. The Morgan fingerprint density at radius 3 is 2.77 bits per heavy atom. The lowest BCUT2D eigenvalue weighted by Gasteiger charge is -2.14. The predicted octanol–water partition coefficient (Wildman–Crippen LogP) is 0.851. The monoisotopic (exact) mass is 174 g/mol. The fraction of sp³-hybridized carbons (Fsp3) is 0.111. The Morgan fingerprint density at radius 2 is 2.23 bits per heavy atom. The zero-order chi connectivity index (χ0) is 9.26. The molecule has 0 saturated carbocycles. The van der Waals surface area contributed by atoms with Crippen LogP contribution < -0.4 is 10.4 Å². The molecule has 65 valence electrons. The Morgan fingerprint density at radius 1 is 1.38 bits per heavy atom. The van der Waals surface area contributed by atoms with Gasteiger partial charge in [0.25, 0.3) is 5.91 Å². The summed E-state index contributed by atoms with van der Waals surface area (Å²) in [5.41, 5.74) is 4.57. The SMILES string of the molecule is CC1=CC(=O)[N]N1c1ccccn1. The molecule has 0 saturated heterocycles. The summed E-state index contributed by atoms with van der Waals surface area (Å²) in [4.78, 5) is 15.0. The summed E-state index contributed by atoms with van der Waals surface area (Å²) in [5.74, 6) is 0.435. The molecule has 2 heterocycles. The van der Waals surface area contributed by atoms with E-state index in [1.807, 2.05) is 19.1 Å². The average Bonchev–Trinajstić information content (AvgIpc) is 2.47. The molecule has 0 spiro atoms. The molecule has 0 aliphatic carbocycles. The summed E-state index contributed by atoms with van der Waals surface area (Å²) in [6.07, 6.45) is 3.15. The molecular formula is C9H8N3O. The van der Waals surface area contributed by atoms with Crippen LogP contribution in [0, 0.1) is 0 Å². The molecular weight excluding hydrogens is 166 g/mol. The van der Waals surface area contributed by atoms with Crippen LogP contribution in [0.5, 0.6) is 0 Å². The van der Waals surface area contributed by atoms with Crippen molar-refractivity contribution in [1.82, 2.24) is 10.4 Å². The maximum absolute atomic E-state index is 10.9. The second-order valence-electron chi connectivity index (χ2n) is 2.72. The van der Waals surface area contributed by atoms with E-state index < -0.39 is 0 Å². The molecule has 0 atom stereocenters. The number of rotatable bonds is 1. The number of aromatic nitrogens is 1. The van der Waals surface area contributed by atoms with Gasteiger partial charge in [0.05, 0.1) is 0 Å². The van der Waals surface area contributed by atoms with E-state index in [2.05, 4.69) is 10.4 Å². The minimum absolute atomic E-state index is 0.233. The van der Waals surface area contributed by atoms with Gasteiger partial charge in [-0.3, -0.25) is 4.79 Å². The normalized spacial score (nSPS) is 15.6. The minimum Gasteiger partial charge on any atom is -0.266 e. The van der Waals surface area contributed by atoms with Crippen LogP contribution in [0.15, 0.2) is 36.2 Å². The summed E-state index contributed by atoms with van der Waals surface area (Å²) in [6, 6.07) is 5.48. The first kappa shape index (κ1) is 7.79. The van der Waals surface area contributed by atoms with E-state index in [-0.39, 0.29) is 5.91 Å². The molecule has 2 rings (SSSR count). The van der Waals surface area contributed by atoms with Crippen molar-refractivity contribution in [2.24, 2.45) is 0 Å². The zero-order valence-corrected chi connectivity index (χ0v) is 7.14. The van der Waals surface area contributed by atoms with Gasteiger partial charge in [0.15, 0.2) is 5.82 Å². The van der Waals surface area contributed by atoms with Crippen molar-refractivity contribution in [2.75, 3.05) is 5.01 Å². The third-order valence-electron chi connectivity index (χ3n) is 1.73. The highest BCUT2D eigenvalue weighted by Gasteiger charge is 2.21. The van der Waals surface area contributed by atoms with Crippen molar-refractivity contribution in [3.8, 4) is 0 Å². The van der Waals surface area contributed by atoms with E-state index in [9.17, 15) is 4.79 Å². The van der Waals surface area contributed by atoms with Crippen LogP contribution in [0.25, 0.3) is 0 Å². The molecule has 0 bridgehead atoms. The van der Waals surface area contributed by atoms with Crippen LogP contribution in [0.1, 0.15) is 6.92 Å². The zero-order valence-electron chi connectivity index (χ0n) is 7.14. The number of carbonyl (C=O) groups is 1. The fourth-order valence-corrected chi connectivity index (χ4v) is 1.16. The van der Waals surface area contributed by atoms with E-state index >= 15 is 0 Å². The van der Waals surface area contributed by atoms with Crippen molar-refractivity contribution < 1.29 is 4.79 Å². The summed E-state index contributed by atoms with van der Waals surface area (Å²) >= 11 is 0. The number of carbonyl (C=O) groups excluding carboxylic acids is 1. The number of hydrogen-bond donors (Lipinski definition) is 0. The Balaban J connectivity index is 2.30.